The summed E-state index contributed by atoms with van der Waals surface area (Å²) in [5, 5.41) is 3.08. The van der Waals surface area contributed by atoms with Crippen molar-refractivity contribution in [2.45, 2.75) is 25.1 Å². The molecule has 1 saturated heterocycles. The number of nitrogens with zero attached hydrogens (tertiary/aromatic N) is 1. The van der Waals surface area contributed by atoms with Crippen LogP contribution in [0.5, 0.6) is 23.0 Å². The number of halogens is 1. The number of rotatable bonds is 4. The topological polar surface area (TPSA) is 69.3 Å². The van der Waals surface area contributed by atoms with E-state index < -0.39 is 5.72 Å². The SMILES string of the molecule is COc1ccc(N2C(=O)N[C@H]3C[C@@]2(C)Oc2c(OC)cc(Br)cc23)c(OC)c1. The summed E-state index contributed by atoms with van der Waals surface area (Å²) in [6, 6.07) is 8.68. The smallest absolute Gasteiger partial charge is 0.325 e. The van der Waals surface area contributed by atoms with Gasteiger partial charge >= 0.3 is 6.03 Å². The minimum atomic E-state index is -0.914. The average molecular weight is 449 g/mol. The number of benzene rings is 2. The van der Waals surface area contributed by atoms with Crippen LogP contribution in [-0.2, 0) is 0 Å². The van der Waals surface area contributed by atoms with Crippen LogP contribution in [0.4, 0.5) is 10.5 Å². The minimum absolute atomic E-state index is 0.187. The first-order valence-corrected chi connectivity index (χ1v) is 9.58. The first kappa shape index (κ1) is 18.7. The predicted octanol–water partition coefficient (Wildman–Crippen LogP) is 4.24. The summed E-state index contributed by atoms with van der Waals surface area (Å²) in [5.74, 6) is 2.40. The third-order valence-electron chi connectivity index (χ3n) is 5.15. The number of ether oxygens (including phenoxy) is 4. The quantitative estimate of drug-likeness (QED) is 0.756. The molecule has 0 aromatic heterocycles. The van der Waals surface area contributed by atoms with E-state index in [1.807, 2.05) is 19.1 Å². The van der Waals surface area contributed by atoms with Crippen LogP contribution in [0.1, 0.15) is 24.9 Å². The van der Waals surface area contributed by atoms with Crippen molar-refractivity contribution in [3.8, 4) is 23.0 Å². The molecular weight excluding hydrogens is 428 g/mol. The van der Waals surface area contributed by atoms with E-state index in [0.717, 1.165) is 10.0 Å². The molecule has 8 heteroatoms. The predicted molar refractivity (Wildman–Crippen MR) is 108 cm³/mol. The fourth-order valence-corrected chi connectivity index (χ4v) is 4.34. The van der Waals surface area contributed by atoms with Crippen molar-refractivity contribution < 1.29 is 23.7 Å². The summed E-state index contributed by atoms with van der Waals surface area (Å²) in [7, 11) is 4.74. The zero-order chi connectivity index (χ0) is 20.1. The van der Waals surface area contributed by atoms with E-state index in [9.17, 15) is 4.79 Å². The van der Waals surface area contributed by atoms with E-state index in [2.05, 4.69) is 21.2 Å². The number of fused-ring (bicyclic) bond motifs is 4. The molecule has 4 rings (SSSR count). The Balaban J connectivity index is 1.83. The Bertz CT molecular complexity index is 950. The summed E-state index contributed by atoms with van der Waals surface area (Å²) >= 11 is 3.49. The van der Waals surface area contributed by atoms with E-state index in [-0.39, 0.29) is 12.1 Å². The van der Waals surface area contributed by atoms with Gasteiger partial charge in [-0.15, -0.1) is 0 Å². The van der Waals surface area contributed by atoms with E-state index in [1.165, 1.54) is 0 Å². The van der Waals surface area contributed by atoms with Gasteiger partial charge < -0.3 is 24.3 Å². The Morgan fingerprint density at radius 3 is 2.57 bits per heavy atom. The molecule has 28 heavy (non-hydrogen) atoms. The van der Waals surface area contributed by atoms with Gasteiger partial charge in [0.2, 0.25) is 0 Å². The second-order valence-corrected chi connectivity index (χ2v) is 7.80. The van der Waals surface area contributed by atoms with Crippen molar-refractivity contribution in [2.24, 2.45) is 0 Å². The molecule has 2 bridgehead atoms. The van der Waals surface area contributed by atoms with Crippen molar-refractivity contribution >= 4 is 27.6 Å². The number of nitrogens with one attached hydrogen (secondary N) is 1. The monoisotopic (exact) mass is 448 g/mol. The number of amides is 2. The Kier molecular flexibility index (Phi) is 4.53. The first-order valence-electron chi connectivity index (χ1n) is 8.79. The molecule has 1 fully saturated rings. The fraction of sp³-hybridized carbons (Fsp3) is 0.350. The Labute approximate surface area is 171 Å². The van der Waals surface area contributed by atoms with Crippen LogP contribution in [-0.4, -0.2) is 33.1 Å². The minimum Gasteiger partial charge on any atom is -0.497 e. The maximum Gasteiger partial charge on any atom is 0.325 e. The molecule has 2 aromatic rings. The number of anilines is 1. The highest BCUT2D eigenvalue weighted by Gasteiger charge is 2.51. The van der Waals surface area contributed by atoms with Crippen molar-refractivity contribution in [2.75, 3.05) is 26.2 Å². The van der Waals surface area contributed by atoms with Crippen molar-refractivity contribution in [1.29, 1.82) is 0 Å². The zero-order valence-electron chi connectivity index (χ0n) is 16.0. The van der Waals surface area contributed by atoms with Gasteiger partial charge in [0, 0.05) is 22.5 Å². The van der Waals surface area contributed by atoms with Crippen molar-refractivity contribution in [3.63, 3.8) is 0 Å². The molecular formula is C20H21BrN2O5. The lowest BCUT2D eigenvalue weighted by Crippen LogP contribution is -2.65. The lowest BCUT2D eigenvalue weighted by Gasteiger charge is -2.50. The summed E-state index contributed by atoms with van der Waals surface area (Å²) in [4.78, 5) is 14.7. The molecule has 0 aliphatic carbocycles. The van der Waals surface area contributed by atoms with Gasteiger partial charge in [-0.3, -0.25) is 4.90 Å². The molecule has 148 valence electrons. The largest absolute Gasteiger partial charge is 0.497 e. The van der Waals surface area contributed by atoms with Crippen LogP contribution in [0.3, 0.4) is 0 Å². The Morgan fingerprint density at radius 2 is 1.89 bits per heavy atom. The number of hydrogen-bond donors (Lipinski definition) is 1. The Hall–Kier alpha value is -2.61. The number of urea groups is 1. The van der Waals surface area contributed by atoms with Crippen LogP contribution in [0, 0.1) is 0 Å². The van der Waals surface area contributed by atoms with Gasteiger partial charge in [0.05, 0.1) is 33.1 Å². The molecule has 0 spiro atoms. The van der Waals surface area contributed by atoms with Gasteiger partial charge in [-0.25, -0.2) is 4.79 Å². The number of methoxy groups -OCH3 is 3. The number of hydrogen-bond acceptors (Lipinski definition) is 5. The molecule has 2 aromatic carbocycles. The maximum atomic E-state index is 13.1. The molecule has 2 heterocycles. The molecule has 0 radical (unpaired) electrons. The van der Waals surface area contributed by atoms with Crippen LogP contribution in [0.2, 0.25) is 0 Å². The van der Waals surface area contributed by atoms with Crippen molar-refractivity contribution in [3.05, 3.63) is 40.4 Å². The highest BCUT2D eigenvalue weighted by Crippen LogP contribution is 2.51. The molecule has 2 aliphatic rings. The molecule has 7 nitrogen and oxygen atoms in total. The van der Waals surface area contributed by atoms with Gasteiger partial charge in [-0.05, 0) is 31.2 Å². The van der Waals surface area contributed by atoms with Crippen LogP contribution in [0.25, 0.3) is 0 Å². The molecule has 2 aliphatic heterocycles. The highest BCUT2D eigenvalue weighted by atomic mass is 79.9. The molecule has 2 atom stereocenters. The first-order chi connectivity index (χ1) is 13.4. The number of carbonyl (C=O) groups is 1. The van der Waals surface area contributed by atoms with E-state index >= 15 is 0 Å². The summed E-state index contributed by atoms with van der Waals surface area (Å²) in [5.41, 5.74) is 0.572. The van der Waals surface area contributed by atoms with Gasteiger partial charge in [-0.2, -0.15) is 0 Å². The summed E-state index contributed by atoms with van der Waals surface area (Å²) in [6.45, 7) is 1.90. The second kappa shape index (κ2) is 6.77. The highest BCUT2D eigenvalue weighted by molar-refractivity contribution is 9.10. The standard InChI is InChI=1S/C20H21BrN2O5/c1-20-10-14(13-7-11(21)8-17(27-4)18(13)28-20)22-19(24)23(20)15-6-5-12(25-2)9-16(15)26-3/h5-9,14H,10H2,1-4H3,(H,22,24)/t14-,20+/m0/s1. The molecule has 0 unspecified atom stereocenters. The van der Waals surface area contributed by atoms with Crippen LogP contribution < -0.4 is 29.2 Å². The van der Waals surface area contributed by atoms with Gasteiger partial charge in [0.1, 0.15) is 11.5 Å². The Morgan fingerprint density at radius 1 is 1.14 bits per heavy atom. The van der Waals surface area contributed by atoms with Crippen LogP contribution >= 0.6 is 15.9 Å². The normalized spacial score (nSPS) is 22.7. The molecule has 0 saturated carbocycles. The van der Waals surface area contributed by atoms with Gasteiger partial charge in [-0.1, -0.05) is 15.9 Å². The van der Waals surface area contributed by atoms with Gasteiger partial charge in [0.25, 0.3) is 0 Å². The number of carbonyl (C=O) groups excluding carboxylic acids is 1. The third kappa shape index (κ3) is 2.83. The lowest BCUT2D eigenvalue weighted by molar-refractivity contribution is 0.0345. The summed E-state index contributed by atoms with van der Waals surface area (Å²) in [6.07, 6.45) is 0.570. The van der Waals surface area contributed by atoms with E-state index in [0.29, 0.717) is 35.1 Å². The average Bonchev–Trinajstić information content (AvgIpc) is 2.67. The molecule has 1 N–H and O–H groups in total. The molecule has 2 amide bonds. The van der Waals surface area contributed by atoms with E-state index in [1.54, 1.807) is 44.4 Å². The van der Waals surface area contributed by atoms with Gasteiger partial charge in [0.15, 0.2) is 17.2 Å². The lowest BCUT2D eigenvalue weighted by atomic mass is 9.89. The maximum absolute atomic E-state index is 13.1. The van der Waals surface area contributed by atoms with Crippen molar-refractivity contribution in [1.82, 2.24) is 5.32 Å². The van der Waals surface area contributed by atoms with E-state index in [4.69, 9.17) is 18.9 Å². The fourth-order valence-electron chi connectivity index (χ4n) is 3.89. The third-order valence-corrected chi connectivity index (χ3v) is 5.61. The summed E-state index contributed by atoms with van der Waals surface area (Å²) < 4.78 is 23.6. The van der Waals surface area contributed by atoms with Crippen LogP contribution in [0.15, 0.2) is 34.8 Å². The zero-order valence-corrected chi connectivity index (χ0v) is 17.6. The second-order valence-electron chi connectivity index (χ2n) is 6.88.